The topological polar surface area (TPSA) is 29.1 Å². The third-order valence-corrected chi connectivity index (χ3v) is 2.00. The standard InChI is InChI=1S/C12H12F3NO/c1-8(2)7-16-11(17)9-4-3-5-10(6-9)12(13,14)15/h3-6H,1,7H2,2H3,(H,16,17). The van der Waals surface area contributed by atoms with E-state index < -0.39 is 17.6 Å². The van der Waals surface area contributed by atoms with Gasteiger partial charge in [-0.05, 0) is 25.1 Å². The van der Waals surface area contributed by atoms with Crippen molar-refractivity contribution in [2.75, 3.05) is 6.54 Å². The van der Waals surface area contributed by atoms with Crippen LogP contribution in [0, 0.1) is 0 Å². The molecule has 0 aliphatic rings. The Morgan fingerprint density at radius 1 is 1.41 bits per heavy atom. The summed E-state index contributed by atoms with van der Waals surface area (Å²) in [5.41, 5.74) is -0.119. The zero-order valence-electron chi connectivity index (χ0n) is 9.27. The minimum absolute atomic E-state index is 0.0129. The number of alkyl halides is 3. The van der Waals surface area contributed by atoms with E-state index in [9.17, 15) is 18.0 Å². The maximum Gasteiger partial charge on any atom is 0.416 e. The average molecular weight is 243 g/mol. The molecule has 1 rings (SSSR count). The Kier molecular flexibility index (Phi) is 3.93. The Balaban J connectivity index is 2.85. The normalized spacial score (nSPS) is 11.1. The first kappa shape index (κ1) is 13.3. The summed E-state index contributed by atoms with van der Waals surface area (Å²) in [6, 6.07) is 4.30. The largest absolute Gasteiger partial charge is 0.416 e. The lowest BCUT2D eigenvalue weighted by Gasteiger charge is -2.09. The van der Waals surface area contributed by atoms with Gasteiger partial charge < -0.3 is 5.32 Å². The number of benzene rings is 1. The van der Waals surface area contributed by atoms with Gasteiger partial charge in [0.25, 0.3) is 5.91 Å². The molecule has 0 fully saturated rings. The van der Waals surface area contributed by atoms with Gasteiger partial charge in [-0.15, -0.1) is 0 Å². The van der Waals surface area contributed by atoms with Gasteiger partial charge in [0.05, 0.1) is 5.56 Å². The molecule has 1 aromatic carbocycles. The second-order valence-electron chi connectivity index (χ2n) is 3.72. The fraction of sp³-hybridized carbons (Fsp3) is 0.250. The highest BCUT2D eigenvalue weighted by Gasteiger charge is 2.30. The van der Waals surface area contributed by atoms with Crippen molar-refractivity contribution in [3.8, 4) is 0 Å². The van der Waals surface area contributed by atoms with Gasteiger partial charge in [-0.2, -0.15) is 13.2 Å². The predicted molar refractivity (Wildman–Crippen MR) is 58.6 cm³/mol. The van der Waals surface area contributed by atoms with Gasteiger partial charge in [0.15, 0.2) is 0 Å². The first-order valence-electron chi connectivity index (χ1n) is 4.90. The third-order valence-electron chi connectivity index (χ3n) is 2.00. The molecular formula is C12H12F3NO. The summed E-state index contributed by atoms with van der Waals surface area (Å²) in [6.45, 7) is 5.54. The van der Waals surface area contributed by atoms with Crippen molar-refractivity contribution in [2.24, 2.45) is 0 Å². The second-order valence-corrected chi connectivity index (χ2v) is 3.72. The molecule has 1 N–H and O–H groups in total. The molecule has 0 heterocycles. The summed E-state index contributed by atoms with van der Waals surface area (Å²) in [5.74, 6) is -0.543. The molecule has 0 atom stereocenters. The van der Waals surface area contributed by atoms with Gasteiger partial charge >= 0.3 is 6.18 Å². The molecule has 0 saturated heterocycles. The number of hydrogen-bond acceptors (Lipinski definition) is 1. The smallest absolute Gasteiger partial charge is 0.348 e. The minimum atomic E-state index is -4.44. The zero-order chi connectivity index (χ0) is 13.1. The number of halogens is 3. The van der Waals surface area contributed by atoms with Gasteiger partial charge in [-0.3, -0.25) is 4.79 Å². The van der Waals surface area contributed by atoms with E-state index in [0.717, 1.165) is 17.7 Å². The highest BCUT2D eigenvalue weighted by molar-refractivity contribution is 5.94. The number of nitrogens with one attached hydrogen (secondary N) is 1. The van der Waals surface area contributed by atoms with Gasteiger partial charge in [0.1, 0.15) is 0 Å². The van der Waals surface area contributed by atoms with Gasteiger partial charge in [0.2, 0.25) is 0 Å². The Morgan fingerprint density at radius 2 is 2.06 bits per heavy atom. The predicted octanol–water partition coefficient (Wildman–Crippen LogP) is 3.01. The first-order chi connectivity index (χ1) is 7.80. The van der Waals surface area contributed by atoms with E-state index in [1.165, 1.54) is 12.1 Å². The molecule has 0 saturated carbocycles. The molecule has 92 valence electrons. The molecule has 2 nitrogen and oxygen atoms in total. The van der Waals surface area contributed by atoms with Crippen LogP contribution in [0.4, 0.5) is 13.2 Å². The van der Waals surface area contributed by atoms with Crippen LogP contribution in [0.5, 0.6) is 0 Å². The average Bonchev–Trinajstić information content (AvgIpc) is 2.25. The molecular weight excluding hydrogens is 231 g/mol. The number of hydrogen-bond donors (Lipinski definition) is 1. The van der Waals surface area contributed by atoms with Crippen molar-refractivity contribution in [2.45, 2.75) is 13.1 Å². The molecule has 1 amide bonds. The molecule has 1 aromatic rings. The Labute approximate surface area is 97.1 Å². The van der Waals surface area contributed by atoms with Gasteiger partial charge in [-0.1, -0.05) is 18.2 Å². The van der Waals surface area contributed by atoms with Crippen molar-refractivity contribution in [3.05, 3.63) is 47.5 Å². The Morgan fingerprint density at radius 3 is 2.59 bits per heavy atom. The number of rotatable bonds is 3. The molecule has 0 aliphatic carbocycles. The highest BCUT2D eigenvalue weighted by atomic mass is 19.4. The number of amides is 1. The molecule has 0 aliphatic heterocycles. The fourth-order valence-corrected chi connectivity index (χ4v) is 1.17. The molecule has 0 unspecified atom stereocenters. The van der Waals surface area contributed by atoms with Gasteiger partial charge in [-0.25, -0.2) is 0 Å². The van der Waals surface area contributed by atoms with Crippen LogP contribution < -0.4 is 5.32 Å². The summed E-state index contributed by atoms with van der Waals surface area (Å²) in [6.07, 6.45) is -4.44. The molecule has 0 radical (unpaired) electrons. The molecule has 17 heavy (non-hydrogen) atoms. The lowest BCUT2D eigenvalue weighted by atomic mass is 10.1. The van der Waals surface area contributed by atoms with Crippen LogP contribution in [-0.2, 0) is 6.18 Å². The molecule has 5 heteroatoms. The van der Waals surface area contributed by atoms with Crippen LogP contribution in [0.1, 0.15) is 22.8 Å². The van der Waals surface area contributed by atoms with E-state index in [0.29, 0.717) is 0 Å². The summed E-state index contributed by atoms with van der Waals surface area (Å²) >= 11 is 0. The zero-order valence-corrected chi connectivity index (χ0v) is 9.27. The highest BCUT2D eigenvalue weighted by Crippen LogP contribution is 2.29. The fourth-order valence-electron chi connectivity index (χ4n) is 1.17. The van der Waals surface area contributed by atoms with E-state index in [1.807, 2.05) is 0 Å². The second kappa shape index (κ2) is 5.03. The van der Waals surface area contributed by atoms with Crippen LogP contribution in [-0.4, -0.2) is 12.5 Å². The van der Waals surface area contributed by atoms with Crippen molar-refractivity contribution >= 4 is 5.91 Å². The number of carbonyl (C=O) groups excluding carboxylic acids is 1. The number of carbonyl (C=O) groups is 1. The van der Waals surface area contributed by atoms with Crippen LogP contribution in [0.25, 0.3) is 0 Å². The quantitative estimate of drug-likeness (QED) is 0.812. The molecule has 0 bridgehead atoms. The van der Waals surface area contributed by atoms with E-state index in [-0.39, 0.29) is 12.1 Å². The van der Waals surface area contributed by atoms with Crippen LogP contribution in [0.2, 0.25) is 0 Å². The van der Waals surface area contributed by atoms with Crippen molar-refractivity contribution in [1.29, 1.82) is 0 Å². The summed E-state index contributed by atoms with van der Waals surface area (Å²) in [5, 5.41) is 2.47. The monoisotopic (exact) mass is 243 g/mol. The van der Waals surface area contributed by atoms with Crippen LogP contribution >= 0.6 is 0 Å². The molecule has 0 spiro atoms. The van der Waals surface area contributed by atoms with E-state index >= 15 is 0 Å². The summed E-state index contributed by atoms with van der Waals surface area (Å²) < 4.78 is 37.2. The Hall–Kier alpha value is -1.78. The maximum atomic E-state index is 12.4. The summed E-state index contributed by atoms with van der Waals surface area (Å²) in [7, 11) is 0. The summed E-state index contributed by atoms with van der Waals surface area (Å²) in [4.78, 5) is 11.5. The van der Waals surface area contributed by atoms with Crippen molar-refractivity contribution in [3.63, 3.8) is 0 Å². The maximum absolute atomic E-state index is 12.4. The minimum Gasteiger partial charge on any atom is -0.348 e. The van der Waals surface area contributed by atoms with Crippen molar-refractivity contribution < 1.29 is 18.0 Å². The van der Waals surface area contributed by atoms with E-state index in [4.69, 9.17) is 0 Å². The van der Waals surface area contributed by atoms with E-state index in [2.05, 4.69) is 11.9 Å². The van der Waals surface area contributed by atoms with Crippen LogP contribution in [0.3, 0.4) is 0 Å². The lowest BCUT2D eigenvalue weighted by Crippen LogP contribution is -2.25. The lowest BCUT2D eigenvalue weighted by molar-refractivity contribution is -0.137. The Bertz CT molecular complexity index is 438. The molecule has 0 aromatic heterocycles. The third kappa shape index (κ3) is 3.94. The van der Waals surface area contributed by atoms with E-state index in [1.54, 1.807) is 6.92 Å². The van der Waals surface area contributed by atoms with Crippen molar-refractivity contribution in [1.82, 2.24) is 5.32 Å². The van der Waals surface area contributed by atoms with Gasteiger partial charge in [0, 0.05) is 12.1 Å². The van der Waals surface area contributed by atoms with Crippen LogP contribution in [0.15, 0.2) is 36.4 Å². The SMILES string of the molecule is C=C(C)CNC(=O)c1cccc(C(F)(F)F)c1. The first-order valence-corrected chi connectivity index (χ1v) is 4.90.